The summed E-state index contributed by atoms with van der Waals surface area (Å²) in [5.41, 5.74) is 0.215. The van der Waals surface area contributed by atoms with Crippen molar-refractivity contribution in [3.8, 4) is 0 Å². The molecule has 2 rings (SSSR count). The molecule has 7 heteroatoms. The first-order chi connectivity index (χ1) is 8.20. The number of nitrogens with one attached hydrogen (secondary N) is 2. The third-order valence-electron chi connectivity index (χ3n) is 2.74. The van der Waals surface area contributed by atoms with E-state index in [1.54, 1.807) is 7.11 Å². The van der Waals surface area contributed by atoms with Gasteiger partial charge in [-0.05, 0) is 6.07 Å². The lowest BCUT2D eigenvalue weighted by atomic mass is 10.2. The van der Waals surface area contributed by atoms with Crippen LogP contribution in [0.4, 0.5) is 4.39 Å². The molecule has 1 aromatic heterocycles. The largest absolute Gasteiger partial charge is 0.378 e. The Morgan fingerprint density at radius 2 is 2.33 bits per heavy atom. The minimum Gasteiger partial charge on any atom is -0.378 e. The van der Waals surface area contributed by atoms with E-state index >= 15 is 0 Å². The van der Waals surface area contributed by atoms with Crippen LogP contribution in [0.2, 0.25) is 0 Å². The van der Waals surface area contributed by atoms with Crippen LogP contribution in [0.25, 0.3) is 0 Å². The summed E-state index contributed by atoms with van der Waals surface area (Å²) in [6.07, 6.45) is 2.34. The number of carbonyl (C=O) groups excluding carboxylic acids is 1. The van der Waals surface area contributed by atoms with E-state index in [0.717, 1.165) is 12.3 Å². The van der Waals surface area contributed by atoms with Crippen molar-refractivity contribution in [3.05, 3.63) is 29.8 Å². The van der Waals surface area contributed by atoms with Crippen molar-refractivity contribution in [2.75, 3.05) is 20.2 Å². The number of pyridine rings is 1. The molecule has 2 heterocycles. The fraction of sp³-hybridized carbons (Fsp3) is 0.455. The van der Waals surface area contributed by atoms with Gasteiger partial charge in [0.25, 0.3) is 5.91 Å². The molecule has 18 heavy (non-hydrogen) atoms. The Balaban J connectivity index is 0.00000162. The molecule has 1 aliphatic rings. The van der Waals surface area contributed by atoms with Gasteiger partial charge in [0.1, 0.15) is 5.82 Å². The summed E-state index contributed by atoms with van der Waals surface area (Å²) in [6, 6.07) is 1.06. The highest BCUT2D eigenvalue weighted by Gasteiger charge is 2.28. The molecule has 0 spiro atoms. The minimum atomic E-state index is -0.523. The number of nitrogens with zero attached hydrogens (tertiary/aromatic N) is 1. The highest BCUT2D eigenvalue weighted by atomic mass is 35.5. The molecule has 0 aromatic carbocycles. The Labute approximate surface area is 111 Å². The van der Waals surface area contributed by atoms with Crippen molar-refractivity contribution in [2.45, 2.75) is 12.1 Å². The number of carbonyl (C=O) groups is 1. The highest BCUT2D eigenvalue weighted by Crippen LogP contribution is 2.06. The normalized spacial score (nSPS) is 22.3. The van der Waals surface area contributed by atoms with Crippen LogP contribution >= 0.6 is 12.4 Å². The molecular formula is C11H15ClFN3O2. The topological polar surface area (TPSA) is 63.2 Å². The van der Waals surface area contributed by atoms with Gasteiger partial charge >= 0.3 is 0 Å². The Kier molecular flexibility index (Phi) is 5.46. The van der Waals surface area contributed by atoms with Crippen LogP contribution in [0.15, 0.2) is 18.5 Å². The van der Waals surface area contributed by atoms with Gasteiger partial charge in [-0.1, -0.05) is 0 Å². The van der Waals surface area contributed by atoms with Gasteiger partial charge < -0.3 is 15.4 Å². The molecule has 1 aliphatic heterocycles. The van der Waals surface area contributed by atoms with E-state index in [4.69, 9.17) is 4.74 Å². The average molecular weight is 276 g/mol. The second-order valence-corrected chi connectivity index (χ2v) is 3.90. The van der Waals surface area contributed by atoms with Crippen molar-refractivity contribution in [1.82, 2.24) is 15.6 Å². The van der Waals surface area contributed by atoms with E-state index in [1.807, 2.05) is 0 Å². The van der Waals surface area contributed by atoms with Crippen LogP contribution in [0.3, 0.4) is 0 Å². The maximum atomic E-state index is 12.9. The number of rotatable bonds is 3. The summed E-state index contributed by atoms with van der Waals surface area (Å²) in [6.45, 7) is 1.34. The van der Waals surface area contributed by atoms with Gasteiger partial charge in [-0.25, -0.2) is 4.39 Å². The molecule has 0 saturated carbocycles. The molecule has 0 unspecified atom stereocenters. The molecule has 100 valence electrons. The van der Waals surface area contributed by atoms with Crippen molar-refractivity contribution in [2.24, 2.45) is 0 Å². The molecule has 0 aliphatic carbocycles. The zero-order valence-corrected chi connectivity index (χ0v) is 10.7. The fourth-order valence-electron chi connectivity index (χ4n) is 1.83. The van der Waals surface area contributed by atoms with Crippen LogP contribution in [0, 0.1) is 5.82 Å². The maximum Gasteiger partial charge on any atom is 0.253 e. The molecule has 1 saturated heterocycles. The van der Waals surface area contributed by atoms with E-state index in [2.05, 4.69) is 15.6 Å². The molecule has 2 atom stereocenters. The maximum absolute atomic E-state index is 12.9. The third kappa shape index (κ3) is 3.38. The highest BCUT2D eigenvalue weighted by molar-refractivity contribution is 5.94. The zero-order valence-electron chi connectivity index (χ0n) is 9.85. The van der Waals surface area contributed by atoms with Gasteiger partial charge in [0, 0.05) is 26.4 Å². The number of ether oxygens (including phenoxy) is 1. The Morgan fingerprint density at radius 1 is 1.56 bits per heavy atom. The first-order valence-electron chi connectivity index (χ1n) is 5.35. The molecule has 2 N–H and O–H groups in total. The summed E-state index contributed by atoms with van der Waals surface area (Å²) >= 11 is 0. The molecule has 1 fully saturated rings. The third-order valence-corrected chi connectivity index (χ3v) is 2.74. The lowest BCUT2D eigenvalue weighted by Crippen LogP contribution is -2.43. The number of methoxy groups -OCH3 is 1. The number of hydrogen-bond donors (Lipinski definition) is 2. The van der Waals surface area contributed by atoms with Gasteiger partial charge in [-0.15, -0.1) is 12.4 Å². The molecule has 1 aromatic rings. The zero-order chi connectivity index (χ0) is 12.3. The predicted octanol–water partition coefficient (Wildman–Crippen LogP) is 0.359. The fourth-order valence-corrected chi connectivity index (χ4v) is 1.83. The quantitative estimate of drug-likeness (QED) is 0.836. The predicted molar refractivity (Wildman–Crippen MR) is 66.4 cm³/mol. The summed E-state index contributed by atoms with van der Waals surface area (Å²) < 4.78 is 18.1. The van der Waals surface area contributed by atoms with E-state index < -0.39 is 5.82 Å². The standard InChI is InChI=1S/C11H14FN3O2.ClH/c1-17-10-6-14-5-9(10)15-11(16)7-2-8(12)4-13-3-7;/h2-4,9-10,14H,5-6H2,1H3,(H,15,16);1H/t9-,10-;/m0./s1. The van der Waals surface area contributed by atoms with Crippen LogP contribution in [-0.2, 0) is 4.74 Å². The minimum absolute atomic E-state index is 0. The molecule has 0 bridgehead atoms. The SMILES string of the molecule is CO[C@H]1CNC[C@@H]1NC(=O)c1cncc(F)c1.Cl. The van der Waals surface area contributed by atoms with E-state index in [-0.39, 0.29) is 36.0 Å². The lowest BCUT2D eigenvalue weighted by molar-refractivity contribution is 0.0779. The van der Waals surface area contributed by atoms with E-state index in [0.29, 0.717) is 13.1 Å². The molecule has 0 radical (unpaired) electrons. The summed E-state index contributed by atoms with van der Waals surface area (Å²) in [7, 11) is 1.60. The average Bonchev–Trinajstić information content (AvgIpc) is 2.76. The molecule has 5 nitrogen and oxygen atoms in total. The summed E-state index contributed by atoms with van der Waals surface area (Å²) in [4.78, 5) is 15.4. The number of hydrogen-bond acceptors (Lipinski definition) is 4. The Hall–Kier alpha value is -1.24. The second-order valence-electron chi connectivity index (χ2n) is 3.90. The molecule has 1 amide bonds. The Bertz CT molecular complexity index is 419. The van der Waals surface area contributed by atoms with Crippen LogP contribution in [0.5, 0.6) is 0 Å². The number of amides is 1. The summed E-state index contributed by atoms with van der Waals surface area (Å²) in [5, 5.41) is 5.90. The van der Waals surface area contributed by atoms with Crippen molar-refractivity contribution in [1.29, 1.82) is 0 Å². The first kappa shape index (κ1) is 14.8. The van der Waals surface area contributed by atoms with Crippen molar-refractivity contribution >= 4 is 18.3 Å². The monoisotopic (exact) mass is 275 g/mol. The van der Waals surface area contributed by atoms with E-state index in [1.165, 1.54) is 6.20 Å². The first-order valence-corrected chi connectivity index (χ1v) is 5.35. The van der Waals surface area contributed by atoms with Crippen molar-refractivity contribution in [3.63, 3.8) is 0 Å². The van der Waals surface area contributed by atoms with Gasteiger partial charge in [-0.2, -0.15) is 0 Å². The van der Waals surface area contributed by atoms with Crippen LogP contribution < -0.4 is 10.6 Å². The van der Waals surface area contributed by atoms with Gasteiger partial charge in [0.05, 0.1) is 23.9 Å². The Morgan fingerprint density at radius 3 is 3.00 bits per heavy atom. The molecular weight excluding hydrogens is 261 g/mol. The van der Waals surface area contributed by atoms with Gasteiger partial charge in [0.15, 0.2) is 0 Å². The number of aromatic nitrogens is 1. The van der Waals surface area contributed by atoms with Crippen LogP contribution in [0.1, 0.15) is 10.4 Å². The second kappa shape index (κ2) is 6.63. The smallest absolute Gasteiger partial charge is 0.253 e. The van der Waals surface area contributed by atoms with Gasteiger partial charge in [-0.3, -0.25) is 9.78 Å². The van der Waals surface area contributed by atoms with Gasteiger partial charge in [0.2, 0.25) is 0 Å². The number of halogens is 2. The van der Waals surface area contributed by atoms with Crippen molar-refractivity contribution < 1.29 is 13.9 Å². The summed E-state index contributed by atoms with van der Waals surface area (Å²) in [5.74, 6) is -0.863. The van der Waals surface area contributed by atoms with Crippen LogP contribution in [-0.4, -0.2) is 43.2 Å². The lowest BCUT2D eigenvalue weighted by Gasteiger charge is -2.18. The van der Waals surface area contributed by atoms with E-state index in [9.17, 15) is 9.18 Å².